The Morgan fingerprint density at radius 1 is 1.55 bits per heavy atom. The number of fused-ring (bicyclic) bond motifs is 1. The van der Waals surface area contributed by atoms with Crippen molar-refractivity contribution in [1.29, 1.82) is 0 Å². The second-order valence-electron chi connectivity index (χ2n) is 5.32. The van der Waals surface area contributed by atoms with Crippen LogP contribution in [0.25, 0.3) is 10.2 Å². The van der Waals surface area contributed by atoms with E-state index in [0.29, 0.717) is 20.7 Å². The minimum absolute atomic E-state index is 0.252. The first kappa shape index (κ1) is 14.7. The number of aryl methyl sites for hydroxylation is 1. The molecular weight excluding hydrogens is 278 g/mol. The second-order valence-corrected chi connectivity index (χ2v) is 6.32. The van der Waals surface area contributed by atoms with Crippen molar-refractivity contribution >= 4 is 27.5 Å². The van der Waals surface area contributed by atoms with Gasteiger partial charge < -0.3 is 15.4 Å². The predicted molar refractivity (Wildman–Crippen MR) is 78.2 cm³/mol. The van der Waals surface area contributed by atoms with Gasteiger partial charge in [-0.1, -0.05) is 0 Å². The molecule has 20 heavy (non-hydrogen) atoms. The highest BCUT2D eigenvalue weighted by atomic mass is 32.1. The van der Waals surface area contributed by atoms with E-state index in [2.05, 4.69) is 15.3 Å². The Kier molecular flexibility index (Phi) is 3.66. The number of aliphatic hydroxyl groups is 1. The summed E-state index contributed by atoms with van der Waals surface area (Å²) in [5.74, 6) is -0.309. The van der Waals surface area contributed by atoms with Gasteiger partial charge in [0, 0.05) is 0 Å². The van der Waals surface area contributed by atoms with Crippen LogP contribution in [0.15, 0.2) is 11.1 Å². The van der Waals surface area contributed by atoms with Crippen molar-refractivity contribution in [2.24, 2.45) is 0 Å². The van der Waals surface area contributed by atoms with Crippen LogP contribution < -0.4 is 10.9 Å². The fourth-order valence-corrected chi connectivity index (χ4v) is 2.79. The number of amides is 1. The van der Waals surface area contributed by atoms with Crippen molar-refractivity contribution < 1.29 is 9.90 Å². The Bertz CT molecular complexity index is 715. The van der Waals surface area contributed by atoms with Gasteiger partial charge in [0.05, 0.1) is 28.2 Å². The number of hydrogen-bond acceptors (Lipinski definition) is 5. The number of H-pyrrole nitrogens is 1. The number of thiophene rings is 1. The highest BCUT2D eigenvalue weighted by molar-refractivity contribution is 7.20. The highest BCUT2D eigenvalue weighted by Crippen LogP contribution is 2.27. The summed E-state index contributed by atoms with van der Waals surface area (Å²) in [5, 5.41) is 12.9. The van der Waals surface area contributed by atoms with Crippen molar-refractivity contribution in [3.05, 3.63) is 27.1 Å². The number of hydrogen-bond donors (Lipinski definition) is 3. The van der Waals surface area contributed by atoms with Crippen molar-refractivity contribution in [1.82, 2.24) is 15.3 Å². The van der Waals surface area contributed by atoms with Gasteiger partial charge in [-0.05, 0) is 33.3 Å². The quantitative estimate of drug-likeness (QED) is 0.792. The van der Waals surface area contributed by atoms with Gasteiger partial charge in [0.2, 0.25) is 0 Å². The number of aromatic amines is 1. The second kappa shape index (κ2) is 4.99. The van der Waals surface area contributed by atoms with E-state index in [9.17, 15) is 14.7 Å². The van der Waals surface area contributed by atoms with Gasteiger partial charge >= 0.3 is 0 Å². The van der Waals surface area contributed by atoms with E-state index < -0.39 is 11.6 Å². The lowest BCUT2D eigenvalue weighted by Gasteiger charge is -2.29. The van der Waals surface area contributed by atoms with Crippen LogP contribution in [-0.4, -0.2) is 32.6 Å². The molecule has 2 aromatic rings. The normalized spacial score (nSPS) is 13.4. The Balaban J connectivity index is 2.44. The van der Waals surface area contributed by atoms with Gasteiger partial charge in [-0.3, -0.25) is 9.59 Å². The van der Waals surface area contributed by atoms with E-state index in [1.165, 1.54) is 17.7 Å². The molecule has 0 bridgehead atoms. The molecule has 0 saturated carbocycles. The SMILES string of the molecule is Cc1c(C(=O)NC(C)(C)C(C)O)sc2nc[nH]c(=O)c12. The highest BCUT2D eigenvalue weighted by Gasteiger charge is 2.28. The van der Waals surface area contributed by atoms with Crippen LogP contribution >= 0.6 is 11.3 Å². The molecule has 0 spiro atoms. The lowest BCUT2D eigenvalue weighted by molar-refractivity contribution is 0.0712. The lowest BCUT2D eigenvalue weighted by atomic mass is 9.98. The molecule has 0 radical (unpaired) electrons. The molecule has 6 nitrogen and oxygen atoms in total. The molecule has 0 saturated heterocycles. The number of nitrogens with one attached hydrogen (secondary N) is 2. The van der Waals surface area contributed by atoms with Crippen molar-refractivity contribution in [3.8, 4) is 0 Å². The molecule has 1 unspecified atom stereocenters. The third-order valence-corrected chi connectivity index (χ3v) is 4.62. The number of rotatable bonds is 3. The van der Waals surface area contributed by atoms with Crippen molar-refractivity contribution in [2.45, 2.75) is 39.3 Å². The van der Waals surface area contributed by atoms with Crippen LogP contribution in [0, 0.1) is 6.92 Å². The number of aliphatic hydroxyl groups excluding tert-OH is 1. The first-order chi connectivity index (χ1) is 9.24. The lowest BCUT2D eigenvalue weighted by Crippen LogP contribution is -2.50. The van der Waals surface area contributed by atoms with Crippen LogP contribution in [0.1, 0.15) is 36.0 Å². The number of aromatic nitrogens is 2. The van der Waals surface area contributed by atoms with E-state index in [4.69, 9.17) is 0 Å². The fourth-order valence-electron chi connectivity index (χ4n) is 1.75. The average Bonchev–Trinajstić information content (AvgIpc) is 2.67. The fraction of sp³-hybridized carbons (Fsp3) is 0.462. The predicted octanol–water partition coefficient (Wildman–Crippen LogP) is 1.18. The van der Waals surface area contributed by atoms with Gasteiger partial charge in [0.25, 0.3) is 11.5 Å². The Hall–Kier alpha value is -1.73. The molecular formula is C13H17N3O3S. The zero-order chi connectivity index (χ0) is 15.1. The van der Waals surface area contributed by atoms with E-state index in [0.717, 1.165) is 0 Å². The maximum atomic E-state index is 12.3. The summed E-state index contributed by atoms with van der Waals surface area (Å²) >= 11 is 1.17. The van der Waals surface area contributed by atoms with Gasteiger partial charge in [-0.15, -0.1) is 11.3 Å². The van der Waals surface area contributed by atoms with Gasteiger partial charge in [0.1, 0.15) is 4.83 Å². The summed E-state index contributed by atoms with van der Waals surface area (Å²) in [6.45, 7) is 6.82. The number of carbonyl (C=O) groups is 1. The molecule has 1 atom stereocenters. The number of nitrogens with zero attached hydrogens (tertiary/aromatic N) is 1. The smallest absolute Gasteiger partial charge is 0.262 e. The summed E-state index contributed by atoms with van der Waals surface area (Å²) in [5.41, 5.74) is -0.393. The molecule has 0 aliphatic carbocycles. The van der Waals surface area contributed by atoms with Gasteiger partial charge in [-0.2, -0.15) is 0 Å². The standard InChI is InChI=1S/C13H17N3O3S/c1-6-8-10(18)14-5-15-12(8)20-9(6)11(19)16-13(3,4)7(2)17/h5,7,17H,1-4H3,(H,16,19)(H,14,15,18). The maximum Gasteiger partial charge on any atom is 0.262 e. The summed E-state index contributed by atoms with van der Waals surface area (Å²) in [6, 6.07) is 0. The maximum absolute atomic E-state index is 12.3. The zero-order valence-electron chi connectivity index (χ0n) is 11.8. The molecule has 2 heterocycles. The molecule has 0 aromatic carbocycles. The average molecular weight is 295 g/mol. The van der Waals surface area contributed by atoms with E-state index in [1.54, 1.807) is 27.7 Å². The molecule has 7 heteroatoms. The van der Waals surface area contributed by atoms with Crippen LogP contribution in [0.3, 0.4) is 0 Å². The van der Waals surface area contributed by atoms with E-state index in [-0.39, 0.29) is 11.5 Å². The molecule has 0 aliphatic rings. The Morgan fingerprint density at radius 3 is 2.75 bits per heavy atom. The zero-order valence-corrected chi connectivity index (χ0v) is 12.6. The third kappa shape index (κ3) is 2.46. The van der Waals surface area contributed by atoms with E-state index >= 15 is 0 Å². The monoisotopic (exact) mass is 295 g/mol. The van der Waals surface area contributed by atoms with Crippen LogP contribution in [0.2, 0.25) is 0 Å². The molecule has 1 amide bonds. The molecule has 2 aromatic heterocycles. The molecule has 0 fully saturated rings. The van der Waals surface area contributed by atoms with E-state index in [1.807, 2.05) is 0 Å². The Morgan fingerprint density at radius 2 is 2.20 bits per heavy atom. The molecule has 2 rings (SSSR count). The largest absolute Gasteiger partial charge is 0.391 e. The molecule has 3 N–H and O–H groups in total. The molecule has 0 aliphatic heterocycles. The summed E-state index contributed by atoms with van der Waals surface area (Å²) in [6.07, 6.45) is 0.629. The number of carbonyl (C=O) groups excluding carboxylic acids is 1. The first-order valence-corrected chi connectivity index (χ1v) is 7.03. The van der Waals surface area contributed by atoms with Crippen LogP contribution in [0.5, 0.6) is 0 Å². The minimum Gasteiger partial charge on any atom is -0.391 e. The van der Waals surface area contributed by atoms with Crippen molar-refractivity contribution in [2.75, 3.05) is 0 Å². The summed E-state index contributed by atoms with van der Waals surface area (Å²) in [7, 11) is 0. The Labute approximate surface area is 119 Å². The topological polar surface area (TPSA) is 95.1 Å². The van der Waals surface area contributed by atoms with Gasteiger partial charge in [-0.25, -0.2) is 4.98 Å². The summed E-state index contributed by atoms with van der Waals surface area (Å²) < 4.78 is 0. The van der Waals surface area contributed by atoms with Crippen LogP contribution in [0.4, 0.5) is 0 Å². The summed E-state index contributed by atoms with van der Waals surface area (Å²) in [4.78, 5) is 31.6. The van der Waals surface area contributed by atoms with Crippen molar-refractivity contribution in [3.63, 3.8) is 0 Å². The van der Waals surface area contributed by atoms with Gasteiger partial charge in [0.15, 0.2) is 0 Å². The third-order valence-electron chi connectivity index (χ3n) is 3.42. The first-order valence-electron chi connectivity index (χ1n) is 6.21. The minimum atomic E-state index is -0.750. The molecule has 108 valence electrons. The van der Waals surface area contributed by atoms with Crippen LogP contribution in [-0.2, 0) is 0 Å².